The van der Waals surface area contributed by atoms with E-state index in [1.807, 2.05) is 0 Å². The largest absolute Gasteiger partial charge is 0.392 e. The van der Waals surface area contributed by atoms with Crippen LogP contribution in [0.25, 0.3) is 0 Å². The Morgan fingerprint density at radius 3 is 2.67 bits per heavy atom. The number of aliphatic hydroxyl groups is 1. The Labute approximate surface area is 112 Å². The van der Waals surface area contributed by atoms with Crippen molar-refractivity contribution in [3.05, 3.63) is 28.8 Å². The molecule has 0 unspecified atom stereocenters. The van der Waals surface area contributed by atoms with Crippen LogP contribution < -0.4 is 0 Å². The van der Waals surface area contributed by atoms with Gasteiger partial charge in [-0.15, -0.1) is 0 Å². The summed E-state index contributed by atoms with van der Waals surface area (Å²) < 4.78 is 30.5. The Bertz CT molecular complexity index is 504. The molecule has 0 radical (unpaired) electrons. The average molecular weight is 294 g/mol. The molecule has 0 atom stereocenters. The van der Waals surface area contributed by atoms with E-state index in [9.17, 15) is 8.42 Å². The number of sulfonamides is 1. The molecule has 0 heterocycles. The highest BCUT2D eigenvalue weighted by molar-refractivity contribution is 7.89. The summed E-state index contributed by atoms with van der Waals surface area (Å²) in [6.45, 7) is 0.299. The fraction of sp³-hybridized carbons (Fsp3) is 0.455. The summed E-state index contributed by atoms with van der Waals surface area (Å²) >= 11 is 5.90. The number of hydrogen-bond acceptors (Lipinski definition) is 4. The molecule has 0 saturated carbocycles. The highest BCUT2D eigenvalue weighted by Gasteiger charge is 2.23. The third kappa shape index (κ3) is 3.43. The molecule has 1 aromatic rings. The number of hydrogen-bond donors (Lipinski definition) is 1. The van der Waals surface area contributed by atoms with Crippen LogP contribution in [0.1, 0.15) is 5.56 Å². The lowest BCUT2D eigenvalue weighted by atomic mass is 10.2. The van der Waals surface area contributed by atoms with Crippen molar-refractivity contribution < 1.29 is 18.3 Å². The summed E-state index contributed by atoms with van der Waals surface area (Å²) in [5.74, 6) is 0. The van der Waals surface area contributed by atoms with Gasteiger partial charge in [-0.05, 0) is 17.7 Å². The number of ether oxygens (including phenoxy) is 1. The van der Waals surface area contributed by atoms with Crippen molar-refractivity contribution >= 4 is 21.6 Å². The second kappa shape index (κ2) is 6.49. The van der Waals surface area contributed by atoms with Crippen molar-refractivity contribution in [3.8, 4) is 0 Å². The Morgan fingerprint density at radius 2 is 2.11 bits per heavy atom. The van der Waals surface area contributed by atoms with Gasteiger partial charge in [0.1, 0.15) is 4.90 Å². The van der Waals surface area contributed by atoms with Gasteiger partial charge in [-0.3, -0.25) is 0 Å². The van der Waals surface area contributed by atoms with Crippen molar-refractivity contribution in [1.29, 1.82) is 0 Å². The zero-order valence-corrected chi connectivity index (χ0v) is 11.8. The topological polar surface area (TPSA) is 66.8 Å². The van der Waals surface area contributed by atoms with E-state index in [2.05, 4.69) is 0 Å². The van der Waals surface area contributed by atoms with Crippen LogP contribution in [-0.2, 0) is 21.4 Å². The molecular weight excluding hydrogens is 278 g/mol. The van der Waals surface area contributed by atoms with Gasteiger partial charge in [0.15, 0.2) is 0 Å². The van der Waals surface area contributed by atoms with Crippen molar-refractivity contribution in [3.63, 3.8) is 0 Å². The first-order valence-electron chi connectivity index (χ1n) is 5.28. The molecule has 1 N–H and O–H groups in total. The number of benzene rings is 1. The van der Waals surface area contributed by atoms with Gasteiger partial charge in [-0.1, -0.05) is 17.7 Å². The quantitative estimate of drug-likeness (QED) is 0.853. The zero-order chi connectivity index (χ0) is 13.8. The number of rotatable bonds is 6. The van der Waals surface area contributed by atoms with Crippen molar-refractivity contribution in [2.75, 3.05) is 27.3 Å². The average Bonchev–Trinajstić information content (AvgIpc) is 2.36. The molecule has 1 aromatic carbocycles. The Hall–Kier alpha value is -0.660. The first-order valence-corrected chi connectivity index (χ1v) is 7.10. The molecule has 0 bridgehead atoms. The Balaban J connectivity index is 3.11. The van der Waals surface area contributed by atoms with Crippen LogP contribution in [0.15, 0.2) is 23.1 Å². The number of nitrogens with zero attached hydrogens (tertiary/aromatic N) is 1. The van der Waals surface area contributed by atoms with Gasteiger partial charge in [0.2, 0.25) is 10.0 Å². The normalized spacial score (nSPS) is 12.1. The summed E-state index contributed by atoms with van der Waals surface area (Å²) in [6, 6.07) is 4.42. The standard InChI is InChI=1S/C11H16ClNO4S/c1-13(5-6-17-2)18(15,16)11-7-9(8-14)3-4-10(11)12/h3-4,7,14H,5-6,8H2,1-2H3. The first-order chi connectivity index (χ1) is 8.43. The Morgan fingerprint density at radius 1 is 1.44 bits per heavy atom. The van der Waals surface area contributed by atoms with Gasteiger partial charge in [0, 0.05) is 20.7 Å². The van der Waals surface area contributed by atoms with Crippen LogP contribution in [0, 0.1) is 0 Å². The lowest BCUT2D eigenvalue weighted by Crippen LogP contribution is -2.30. The van der Waals surface area contributed by atoms with Crippen LogP contribution in [0.3, 0.4) is 0 Å². The van der Waals surface area contributed by atoms with Crippen molar-refractivity contribution in [2.45, 2.75) is 11.5 Å². The van der Waals surface area contributed by atoms with E-state index in [-0.39, 0.29) is 23.1 Å². The molecule has 0 aromatic heterocycles. The third-order valence-electron chi connectivity index (χ3n) is 2.48. The predicted octanol–water partition coefficient (Wildman–Crippen LogP) is 1.10. The van der Waals surface area contributed by atoms with E-state index in [1.54, 1.807) is 6.07 Å². The fourth-order valence-corrected chi connectivity index (χ4v) is 3.03. The minimum absolute atomic E-state index is 0.00526. The predicted molar refractivity (Wildman–Crippen MR) is 69.1 cm³/mol. The minimum atomic E-state index is -3.66. The maximum Gasteiger partial charge on any atom is 0.244 e. The highest BCUT2D eigenvalue weighted by Crippen LogP contribution is 2.25. The molecule has 5 nitrogen and oxygen atoms in total. The van der Waals surface area contributed by atoms with Crippen LogP contribution in [0.5, 0.6) is 0 Å². The summed E-state index contributed by atoms with van der Waals surface area (Å²) in [4.78, 5) is -0.00526. The molecule has 0 amide bonds. The van der Waals surface area contributed by atoms with Gasteiger partial charge in [-0.25, -0.2) is 8.42 Å². The molecular formula is C11H16ClNO4S. The van der Waals surface area contributed by atoms with E-state index < -0.39 is 10.0 Å². The van der Waals surface area contributed by atoms with Crippen LogP contribution >= 0.6 is 11.6 Å². The Kier molecular flexibility index (Phi) is 5.55. The smallest absolute Gasteiger partial charge is 0.244 e. The molecule has 0 aliphatic rings. The number of likely N-dealkylation sites (N-methyl/N-ethyl adjacent to an activating group) is 1. The van der Waals surface area contributed by atoms with Crippen molar-refractivity contribution in [2.24, 2.45) is 0 Å². The van der Waals surface area contributed by atoms with Gasteiger partial charge in [0.25, 0.3) is 0 Å². The van der Waals surface area contributed by atoms with E-state index in [0.29, 0.717) is 12.2 Å². The van der Waals surface area contributed by atoms with Crippen molar-refractivity contribution in [1.82, 2.24) is 4.31 Å². The van der Waals surface area contributed by atoms with Gasteiger partial charge in [0.05, 0.1) is 18.2 Å². The maximum absolute atomic E-state index is 12.2. The van der Waals surface area contributed by atoms with Crippen LogP contribution in [0.4, 0.5) is 0 Å². The summed E-state index contributed by atoms with van der Waals surface area (Å²) in [5, 5.41) is 9.16. The van der Waals surface area contributed by atoms with E-state index in [0.717, 1.165) is 0 Å². The number of aliphatic hydroxyl groups excluding tert-OH is 1. The minimum Gasteiger partial charge on any atom is -0.392 e. The summed E-state index contributed by atoms with van der Waals surface area (Å²) in [5.41, 5.74) is 0.498. The number of halogens is 1. The monoisotopic (exact) mass is 293 g/mol. The first kappa shape index (κ1) is 15.4. The van der Waals surface area contributed by atoms with E-state index in [4.69, 9.17) is 21.4 Å². The van der Waals surface area contributed by atoms with Crippen LogP contribution in [0.2, 0.25) is 5.02 Å². The molecule has 0 aliphatic heterocycles. The molecule has 102 valence electrons. The van der Waals surface area contributed by atoms with Gasteiger partial charge >= 0.3 is 0 Å². The molecule has 7 heteroatoms. The van der Waals surface area contributed by atoms with Gasteiger partial charge < -0.3 is 9.84 Å². The summed E-state index contributed by atoms with van der Waals surface area (Å²) in [6.07, 6.45) is 0. The van der Waals surface area contributed by atoms with E-state index >= 15 is 0 Å². The molecule has 1 rings (SSSR count). The summed E-state index contributed by atoms with van der Waals surface area (Å²) in [7, 11) is -0.710. The lowest BCUT2D eigenvalue weighted by molar-refractivity contribution is 0.185. The molecule has 0 aliphatic carbocycles. The van der Waals surface area contributed by atoms with Crippen LogP contribution in [-0.4, -0.2) is 45.1 Å². The SMILES string of the molecule is COCCN(C)S(=O)(=O)c1cc(CO)ccc1Cl. The second-order valence-electron chi connectivity index (χ2n) is 3.74. The molecule has 0 spiro atoms. The zero-order valence-electron chi connectivity index (χ0n) is 10.3. The fourth-order valence-electron chi connectivity index (χ4n) is 1.35. The second-order valence-corrected chi connectivity index (χ2v) is 6.16. The van der Waals surface area contributed by atoms with E-state index in [1.165, 1.54) is 30.6 Å². The van der Waals surface area contributed by atoms with Gasteiger partial charge in [-0.2, -0.15) is 4.31 Å². The highest BCUT2D eigenvalue weighted by atomic mass is 35.5. The molecule has 18 heavy (non-hydrogen) atoms. The lowest BCUT2D eigenvalue weighted by Gasteiger charge is -2.18. The molecule has 0 fully saturated rings. The molecule has 0 saturated heterocycles. The number of methoxy groups -OCH3 is 1. The third-order valence-corrected chi connectivity index (χ3v) is 4.82. The maximum atomic E-state index is 12.2.